The highest BCUT2D eigenvalue weighted by molar-refractivity contribution is 7.84. The second-order valence-corrected chi connectivity index (χ2v) is 8.86. The van der Waals surface area contributed by atoms with E-state index in [0.717, 1.165) is 12.1 Å². The van der Waals surface area contributed by atoms with Crippen molar-refractivity contribution in [3.63, 3.8) is 0 Å². The number of nitrogens with zero attached hydrogens (tertiary/aromatic N) is 2. The second kappa shape index (κ2) is 10.0. The van der Waals surface area contributed by atoms with Gasteiger partial charge >= 0.3 is 0 Å². The molecule has 0 spiro atoms. The van der Waals surface area contributed by atoms with Crippen molar-refractivity contribution in [3.05, 3.63) is 112 Å². The van der Waals surface area contributed by atoms with Gasteiger partial charge in [-0.25, -0.2) is 17.9 Å². The molecule has 172 valence electrons. The fraction of sp³-hybridized carbons (Fsp3) is 0.0769. The maximum absolute atomic E-state index is 13.9. The third-order valence-corrected chi connectivity index (χ3v) is 6.09. The predicted molar refractivity (Wildman–Crippen MR) is 127 cm³/mol. The molecule has 0 radical (unpaired) electrons. The van der Waals surface area contributed by atoms with E-state index in [2.05, 4.69) is 5.10 Å². The fourth-order valence-electron chi connectivity index (χ4n) is 3.40. The quantitative estimate of drug-likeness (QED) is 0.369. The van der Waals surface area contributed by atoms with Crippen molar-refractivity contribution in [1.82, 2.24) is 9.78 Å². The van der Waals surface area contributed by atoms with E-state index in [0.29, 0.717) is 27.3 Å². The Labute approximate surface area is 196 Å². The lowest BCUT2D eigenvalue weighted by atomic mass is 10.00. The second-order valence-electron chi connectivity index (χ2n) is 7.48. The highest BCUT2D eigenvalue weighted by Crippen LogP contribution is 2.30. The Morgan fingerprint density at radius 1 is 0.882 bits per heavy atom. The molecule has 3 aromatic carbocycles. The van der Waals surface area contributed by atoms with Crippen LogP contribution in [0.4, 0.5) is 13.2 Å². The molecule has 8 heteroatoms. The molecule has 0 aliphatic carbocycles. The van der Waals surface area contributed by atoms with Crippen LogP contribution in [0.5, 0.6) is 0 Å². The molecule has 0 aliphatic rings. The molecule has 4 nitrogen and oxygen atoms in total. The molecule has 1 atom stereocenters. The first-order valence-corrected chi connectivity index (χ1v) is 11.8. The minimum atomic E-state index is -1.15. The van der Waals surface area contributed by atoms with Crippen molar-refractivity contribution in [2.24, 2.45) is 0 Å². The lowest BCUT2D eigenvalue weighted by molar-refractivity contribution is 0.581. The molecule has 0 saturated heterocycles. The number of allylic oxidation sites excluding steroid dienone is 1. The smallest absolute Gasteiger partial charge is 0.267 e. The Balaban J connectivity index is 1.75. The summed E-state index contributed by atoms with van der Waals surface area (Å²) in [5, 5.41) is 4.51. The van der Waals surface area contributed by atoms with E-state index in [1.807, 2.05) is 0 Å². The largest absolute Gasteiger partial charge is 0.268 e. The molecule has 0 fully saturated rings. The minimum Gasteiger partial charge on any atom is -0.268 e. The van der Waals surface area contributed by atoms with Crippen LogP contribution < -0.4 is 5.56 Å². The van der Waals surface area contributed by atoms with Gasteiger partial charge in [0.25, 0.3) is 5.56 Å². The summed E-state index contributed by atoms with van der Waals surface area (Å²) in [7, 11) is -1.15. The highest BCUT2D eigenvalue weighted by Gasteiger charge is 2.14. The van der Waals surface area contributed by atoms with E-state index < -0.39 is 33.8 Å². The van der Waals surface area contributed by atoms with E-state index in [1.54, 1.807) is 48.7 Å². The van der Waals surface area contributed by atoms with Gasteiger partial charge in [-0.05, 0) is 42.0 Å². The molecular weight excluding hydrogens is 461 g/mol. The van der Waals surface area contributed by atoms with Gasteiger partial charge in [-0.3, -0.25) is 9.00 Å². The normalized spacial score (nSPS) is 12.2. The Bertz CT molecular complexity index is 1450. The Morgan fingerprint density at radius 3 is 2.18 bits per heavy atom. The van der Waals surface area contributed by atoms with Gasteiger partial charge in [0.1, 0.15) is 17.5 Å². The number of halogens is 3. The molecule has 0 aliphatic heterocycles. The lowest BCUT2D eigenvalue weighted by Gasteiger charge is -2.12. The van der Waals surface area contributed by atoms with Crippen LogP contribution in [-0.4, -0.2) is 20.2 Å². The Hall–Kier alpha value is -3.78. The molecule has 0 N–H and O–H groups in total. The van der Waals surface area contributed by atoms with Crippen molar-refractivity contribution in [2.75, 3.05) is 6.26 Å². The van der Waals surface area contributed by atoms with Crippen LogP contribution in [-0.2, 0) is 17.3 Å². The summed E-state index contributed by atoms with van der Waals surface area (Å²) in [5.74, 6) is -1.79. The number of hydrogen-bond acceptors (Lipinski definition) is 3. The summed E-state index contributed by atoms with van der Waals surface area (Å²) in [6, 6.07) is 17.3. The molecule has 1 aromatic heterocycles. The summed E-state index contributed by atoms with van der Waals surface area (Å²) >= 11 is 0. The highest BCUT2D eigenvalue weighted by atomic mass is 32.2. The monoisotopic (exact) mass is 480 g/mol. The lowest BCUT2D eigenvalue weighted by Crippen LogP contribution is -2.22. The van der Waals surface area contributed by atoms with Gasteiger partial charge in [-0.2, -0.15) is 5.10 Å². The van der Waals surface area contributed by atoms with E-state index in [-0.39, 0.29) is 12.1 Å². The van der Waals surface area contributed by atoms with Crippen LogP contribution in [0.1, 0.15) is 5.56 Å². The molecule has 0 saturated carbocycles. The first kappa shape index (κ1) is 23.4. The summed E-state index contributed by atoms with van der Waals surface area (Å²) < 4.78 is 53.4. The van der Waals surface area contributed by atoms with Crippen LogP contribution in [0.2, 0.25) is 0 Å². The molecular formula is C26H19F3N2O2S. The number of benzene rings is 3. The van der Waals surface area contributed by atoms with Gasteiger partial charge in [0, 0.05) is 50.8 Å². The number of hydrogen-bond donors (Lipinski definition) is 0. The SMILES string of the molecule is CS(=O)c1ccc(-c2nn(C/C=C/c3ccc(F)cc3F)c(=O)cc2-c2ccc(F)cc2)cc1. The zero-order valence-electron chi connectivity index (χ0n) is 18.0. The van der Waals surface area contributed by atoms with Crippen molar-refractivity contribution in [2.45, 2.75) is 11.4 Å². The Morgan fingerprint density at radius 2 is 1.53 bits per heavy atom. The number of aromatic nitrogens is 2. The van der Waals surface area contributed by atoms with E-state index in [1.165, 1.54) is 35.0 Å². The van der Waals surface area contributed by atoms with Crippen LogP contribution in [0.15, 0.2) is 88.6 Å². The van der Waals surface area contributed by atoms with Gasteiger partial charge in [0.2, 0.25) is 0 Å². The average molecular weight is 481 g/mol. The van der Waals surface area contributed by atoms with Gasteiger partial charge in [0.15, 0.2) is 0 Å². The predicted octanol–water partition coefficient (Wildman–Crippen LogP) is 5.45. The standard InChI is InChI=1S/C26H19F3N2O2S/c1-34(33)22-12-7-19(8-13-22)26-23(17-4-9-20(27)10-5-17)16-25(32)31(30-26)14-2-3-18-6-11-21(28)15-24(18)29/h2-13,15-16H,14H2,1H3/b3-2+. The summed E-state index contributed by atoms with van der Waals surface area (Å²) in [5.41, 5.74) is 2.05. The topological polar surface area (TPSA) is 52.0 Å². The zero-order valence-corrected chi connectivity index (χ0v) is 18.9. The van der Waals surface area contributed by atoms with Crippen molar-refractivity contribution >= 4 is 16.9 Å². The minimum absolute atomic E-state index is 0.0450. The molecule has 4 aromatic rings. The molecule has 0 bridgehead atoms. The third-order valence-electron chi connectivity index (χ3n) is 5.15. The summed E-state index contributed by atoms with van der Waals surface area (Å²) in [4.78, 5) is 13.4. The summed E-state index contributed by atoms with van der Waals surface area (Å²) in [6.45, 7) is 0.0450. The molecule has 34 heavy (non-hydrogen) atoms. The van der Waals surface area contributed by atoms with Crippen LogP contribution in [0, 0.1) is 17.5 Å². The number of rotatable bonds is 6. The first-order valence-electron chi connectivity index (χ1n) is 10.3. The van der Waals surface area contributed by atoms with Crippen LogP contribution in [0.3, 0.4) is 0 Å². The van der Waals surface area contributed by atoms with E-state index >= 15 is 0 Å². The third kappa shape index (κ3) is 5.23. The summed E-state index contributed by atoms with van der Waals surface area (Å²) in [6.07, 6.45) is 4.57. The molecule has 1 unspecified atom stereocenters. The first-order chi connectivity index (χ1) is 16.3. The van der Waals surface area contributed by atoms with Gasteiger partial charge in [0.05, 0.1) is 12.2 Å². The van der Waals surface area contributed by atoms with Crippen molar-refractivity contribution < 1.29 is 17.4 Å². The molecule has 4 rings (SSSR count). The average Bonchev–Trinajstić information content (AvgIpc) is 2.82. The van der Waals surface area contributed by atoms with Crippen LogP contribution >= 0.6 is 0 Å². The molecule has 1 heterocycles. The zero-order chi connectivity index (χ0) is 24.2. The van der Waals surface area contributed by atoms with Gasteiger partial charge in [-0.15, -0.1) is 0 Å². The fourth-order valence-corrected chi connectivity index (χ4v) is 3.92. The van der Waals surface area contributed by atoms with E-state index in [9.17, 15) is 22.2 Å². The van der Waals surface area contributed by atoms with Crippen LogP contribution in [0.25, 0.3) is 28.5 Å². The van der Waals surface area contributed by atoms with Gasteiger partial charge in [-0.1, -0.05) is 36.4 Å². The maximum Gasteiger partial charge on any atom is 0.267 e. The van der Waals surface area contributed by atoms with Crippen molar-refractivity contribution in [1.29, 1.82) is 0 Å². The van der Waals surface area contributed by atoms with Crippen molar-refractivity contribution in [3.8, 4) is 22.4 Å². The molecule has 0 amide bonds. The Kier molecular flexibility index (Phi) is 6.88. The van der Waals surface area contributed by atoms with Gasteiger partial charge < -0.3 is 0 Å². The van der Waals surface area contributed by atoms with E-state index in [4.69, 9.17) is 0 Å². The maximum atomic E-state index is 13.9.